The maximum Gasteiger partial charge on any atom is 0.266 e. The van der Waals surface area contributed by atoms with Gasteiger partial charge < -0.3 is 20.1 Å². The second-order valence-corrected chi connectivity index (χ2v) is 5.51. The minimum absolute atomic E-state index is 0.0915. The van der Waals surface area contributed by atoms with E-state index in [1.165, 1.54) is 12.8 Å². The third-order valence-electron chi connectivity index (χ3n) is 3.82. The van der Waals surface area contributed by atoms with Gasteiger partial charge in [-0.25, -0.2) is 0 Å². The van der Waals surface area contributed by atoms with Crippen molar-refractivity contribution in [2.24, 2.45) is 11.7 Å². The second kappa shape index (κ2) is 4.85. The van der Waals surface area contributed by atoms with E-state index in [0.29, 0.717) is 11.8 Å². The molecule has 0 bridgehead atoms. The van der Waals surface area contributed by atoms with E-state index < -0.39 is 0 Å². The van der Waals surface area contributed by atoms with Crippen LogP contribution in [0.3, 0.4) is 0 Å². The van der Waals surface area contributed by atoms with Crippen molar-refractivity contribution in [2.45, 2.75) is 25.3 Å². The van der Waals surface area contributed by atoms with Gasteiger partial charge in [-0.2, -0.15) is 4.98 Å². The lowest BCUT2D eigenvalue weighted by atomic mass is 10.1. The number of nitrogens with zero attached hydrogens (tertiary/aromatic N) is 4. The topological polar surface area (TPSA) is 71.4 Å². The van der Waals surface area contributed by atoms with Gasteiger partial charge >= 0.3 is 0 Å². The summed E-state index contributed by atoms with van der Waals surface area (Å²) in [5, 5.41) is 4.05. The zero-order valence-corrected chi connectivity index (χ0v) is 10.9. The van der Waals surface area contributed by atoms with E-state index in [2.05, 4.69) is 27.0 Å². The van der Waals surface area contributed by atoms with Gasteiger partial charge in [-0.1, -0.05) is 12.8 Å². The number of hydrogen-bond acceptors (Lipinski definition) is 6. The minimum atomic E-state index is -0.0915. The summed E-state index contributed by atoms with van der Waals surface area (Å²) in [7, 11) is 2.13. The number of aromatic nitrogens is 2. The average molecular weight is 251 g/mol. The van der Waals surface area contributed by atoms with Crippen LogP contribution in [0.25, 0.3) is 0 Å². The number of anilines is 1. The summed E-state index contributed by atoms with van der Waals surface area (Å²) >= 11 is 0. The van der Waals surface area contributed by atoms with Crippen LogP contribution in [0.15, 0.2) is 4.52 Å². The van der Waals surface area contributed by atoms with Crippen LogP contribution in [0.2, 0.25) is 0 Å². The van der Waals surface area contributed by atoms with Gasteiger partial charge in [0.15, 0.2) is 0 Å². The lowest BCUT2D eigenvalue weighted by molar-refractivity contribution is 0.307. The fraction of sp³-hybridized carbons (Fsp3) is 0.833. The summed E-state index contributed by atoms with van der Waals surface area (Å²) in [5.74, 6) is 2.07. The number of hydrogen-bond donors (Lipinski definition) is 1. The summed E-state index contributed by atoms with van der Waals surface area (Å²) in [6.07, 6.45) is 3.57. The zero-order chi connectivity index (χ0) is 12.5. The van der Waals surface area contributed by atoms with Gasteiger partial charge in [0.1, 0.15) is 0 Å². The van der Waals surface area contributed by atoms with Crippen molar-refractivity contribution in [1.29, 1.82) is 0 Å². The smallest absolute Gasteiger partial charge is 0.266 e. The standard InChI is InChI=1S/C12H21N5O/c1-16-4-6-17(7-5-16)12-14-11(18-15-12)10(13)8-9-2-3-9/h9-10H,2-8,13H2,1H3/t10-/m0/s1. The predicted molar refractivity (Wildman–Crippen MR) is 68.3 cm³/mol. The first-order valence-corrected chi connectivity index (χ1v) is 6.75. The third-order valence-corrected chi connectivity index (χ3v) is 3.82. The lowest BCUT2D eigenvalue weighted by Gasteiger charge is -2.31. The van der Waals surface area contributed by atoms with Crippen LogP contribution in [0.5, 0.6) is 0 Å². The van der Waals surface area contributed by atoms with Crippen molar-refractivity contribution >= 4 is 5.95 Å². The average Bonchev–Trinajstić information content (AvgIpc) is 3.04. The maximum atomic E-state index is 6.08. The van der Waals surface area contributed by atoms with Gasteiger partial charge in [-0.15, -0.1) is 0 Å². The maximum absolute atomic E-state index is 6.08. The molecule has 1 aliphatic heterocycles. The summed E-state index contributed by atoms with van der Waals surface area (Å²) in [6.45, 7) is 3.98. The highest BCUT2D eigenvalue weighted by Crippen LogP contribution is 2.36. The van der Waals surface area contributed by atoms with Crippen LogP contribution in [0, 0.1) is 5.92 Å². The summed E-state index contributed by atoms with van der Waals surface area (Å²) < 4.78 is 5.29. The van der Waals surface area contributed by atoms with Crippen LogP contribution in [0.1, 0.15) is 31.2 Å². The Morgan fingerprint density at radius 3 is 2.72 bits per heavy atom. The van der Waals surface area contributed by atoms with Crippen molar-refractivity contribution in [3.05, 3.63) is 5.89 Å². The molecule has 18 heavy (non-hydrogen) atoms. The molecule has 0 aromatic carbocycles. The van der Waals surface area contributed by atoms with E-state index in [9.17, 15) is 0 Å². The van der Waals surface area contributed by atoms with Gasteiger partial charge in [0.2, 0.25) is 5.89 Å². The predicted octanol–water partition coefficient (Wildman–Crippen LogP) is 0.621. The Balaban J connectivity index is 1.61. The fourth-order valence-corrected chi connectivity index (χ4v) is 2.33. The molecular weight excluding hydrogens is 230 g/mol. The highest BCUT2D eigenvalue weighted by atomic mass is 16.5. The minimum Gasteiger partial charge on any atom is -0.336 e. The molecule has 1 atom stereocenters. The molecule has 0 amide bonds. The number of rotatable bonds is 4. The van der Waals surface area contributed by atoms with Crippen molar-refractivity contribution in [1.82, 2.24) is 15.0 Å². The highest BCUT2D eigenvalue weighted by molar-refractivity contribution is 5.28. The first-order chi connectivity index (χ1) is 8.72. The van der Waals surface area contributed by atoms with Gasteiger partial charge in [0.05, 0.1) is 6.04 Å². The van der Waals surface area contributed by atoms with Crippen molar-refractivity contribution in [3.63, 3.8) is 0 Å². The van der Waals surface area contributed by atoms with Gasteiger partial charge in [0, 0.05) is 26.2 Å². The van der Waals surface area contributed by atoms with Gasteiger partial charge in [-0.3, -0.25) is 0 Å². The molecule has 0 unspecified atom stereocenters. The van der Waals surface area contributed by atoms with E-state index in [1.807, 2.05) is 0 Å². The Kier molecular flexibility index (Phi) is 3.22. The Morgan fingerprint density at radius 1 is 1.33 bits per heavy atom. The molecule has 1 saturated heterocycles. The monoisotopic (exact) mass is 251 g/mol. The Bertz CT molecular complexity index is 395. The molecule has 3 rings (SSSR count). The molecule has 2 N–H and O–H groups in total. The third kappa shape index (κ3) is 2.64. The molecule has 1 aliphatic carbocycles. The van der Waals surface area contributed by atoms with Crippen LogP contribution in [-0.2, 0) is 0 Å². The van der Waals surface area contributed by atoms with Crippen molar-refractivity contribution < 1.29 is 4.52 Å². The van der Waals surface area contributed by atoms with Gasteiger partial charge in [-0.05, 0) is 24.5 Å². The molecule has 1 saturated carbocycles. The Labute approximate surface area is 107 Å². The number of nitrogens with two attached hydrogens (primary N) is 1. The van der Waals surface area contributed by atoms with Crippen LogP contribution in [0.4, 0.5) is 5.95 Å². The summed E-state index contributed by atoms with van der Waals surface area (Å²) in [4.78, 5) is 8.91. The largest absolute Gasteiger partial charge is 0.336 e. The summed E-state index contributed by atoms with van der Waals surface area (Å²) in [5.41, 5.74) is 6.08. The first-order valence-electron chi connectivity index (χ1n) is 6.75. The summed E-state index contributed by atoms with van der Waals surface area (Å²) in [6, 6.07) is -0.0915. The van der Waals surface area contributed by atoms with Crippen LogP contribution in [-0.4, -0.2) is 48.3 Å². The zero-order valence-electron chi connectivity index (χ0n) is 10.9. The van der Waals surface area contributed by atoms with E-state index >= 15 is 0 Å². The van der Waals surface area contributed by atoms with Crippen molar-refractivity contribution in [3.8, 4) is 0 Å². The van der Waals surface area contributed by atoms with E-state index in [4.69, 9.17) is 10.3 Å². The molecule has 6 nitrogen and oxygen atoms in total. The molecular formula is C12H21N5O. The normalized spacial score (nSPS) is 23.3. The molecule has 2 aliphatic rings. The molecule has 6 heteroatoms. The number of piperazine rings is 1. The molecule has 2 heterocycles. The lowest BCUT2D eigenvalue weighted by Crippen LogP contribution is -2.44. The second-order valence-electron chi connectivity index (χ2n) is 5.51. The Morgan fingerprint density at radius 2 is 2.06 bits per heavy atom. The quantitative estimate of drug-likeness (QED) is 0.846. The molecule has 100 valence electrons. The van der Waals surface area contributed by atoms with Gasteiger partial charge in [0.25, 0.3) is 5.95 Å². The molecule has 1 aromatic heterocycles. The SMILES string of the molecule is CN1CCN(c2noc([C@@H](N)CC3CC3)n2)CC1. The highest BCUT2D eigenvalue weighted by Gasteiger charge is 2.28. The molecule has 0 radical (unpaired) electrons. The van der Waals surface area contributed by atoms with E-state index in [-0.39, 0.29) is 6.04 Å². The first kappa shape index (κ1) is 11.9. The van der Waals surface area contributed by atoms with Crippen LogP contribution < -0.4 is 10.6 Å². The molecule has 2 fully saturated rings. The fourth-order valence-electron chi connectivity index (χ4n) is 2.33. The number of likely N-dealkylation sites (N-methyl/N-ethyl adjacent to an activating group) is 1. The molecule has 1 aromatic rings. The van der Waals surface area contributed by atoms with E-state index in [1.54, 1.807) is 0 Å². The van der Waals surface area contributed by atoms with Crippen molar-refractivity contribution in [2.75, 3.05) is 38.1 Å². The Hall–Kier alpha value is -1.14. The molecule has 0 spiro atoms. The van der Waals surface area contributed by atoms with E-state index in [0.717, 1.165) is 38.5 Å². The van der Waals surface area contributed by atoms with Crippen LogP contribution >= 0.6 is 0 Å².